The van der Waals surface area contributed by atoms with Crippen molar-refractivity contribution in [3.63, 3.8) is 0 Å². The van der Waals surface area contributed by atoms with Crippen LogP contribution >= 0.6 is 0 Å². The van der Waals surface area contributed by atoms with Crippen molar-refractivity contribution in [2.45, 2.75) is 70.9 Å². The minimum absolute atomic E-state index is 0.441. The molecule has 0 radical (unpaired) electrons. The van der Waals surface area contributed by atoms with Crippen LogP contribution in [0.4, 0.5) is 0 Å². The Morgan fingerprint density at radius 2 is 1.41 bits per heavy atom. The fourth-order valence-corrected chi connectivity index (χ4v) is 4.39. The van der Waals surface area contributed by atoms with Crippen LogP contribution < -0.4 is 0 Å². The topological polar surface area (TPSA) is 0 Å². The Morgan fingerprint density at radius 1 is 0.824 bits per heavy atom. The lowest BCUT2D eigenvalue weighted by molar-refractivity contribution is 0.0626. The van der Waals surface area contributed by atoms with Gasteiger partial charge in [0.2, 0.25) is 0 Å². The summed E-state index contributed by atoms with van der Waals surface area (Å²) in [5.41, 5.74) is 0.441. The molecule has 0 aromatic carbocycles. The highest BCUT2D eigenvalue weighted by atomic mass is 14.5. The van der Waals surface area contributed by atoms with Gasteiger partial charge in [0.25, 0.3) is 0 Å². The quantitative estimate of drug-likeness (QED) is 0.609. The monoisotopic (exact) mass is 232 g/mol. The van der Waals surface area contributed by atoms with Gasteiger partial charge < -0.3 is 0 Å². The van der Waals surface area contributed by atoms with Crippen molar-refractivity contribution >= 4 is 15.7 Å². The molecule has 2 heteroatoms. The van der Waals surface area contributed by atoms with E-state index in [-0.39, 0.29) is 0 Å². The average molecular weight is 232 g/mol. The number of hydrogen-bond acceptors (Lipinski definition) is 0. The molecule has 2 fully saturated rings. The highest BCUT2D eigenvalue weighted by Crippen LogP contribution is 2.57. The predicted octanol–water partition coefficient (Wildman–Crippen LogP) is 3.02. The molecule has 3 atom stereocenters. The first-order valence-electron chi connectivity index (χ1n) is 7.84. The van der Waals surface area contributed by atoms with Crippen LogP contribution in [-0.2, 0) is 0 Å². The van der Waals surface area contributed by atoms with E-state index in [4.69, 9.17) is 0 Å². The SMILES string of the molecule is BC(B)(C1CCCC2CCCCC21)C(C)(C)C. The first kappa shape index (κ1) is 13.6. The summed E-state index contributed by atoms with van der Waals surface area (Å²) in [5, 5.41) is 0.494. The number of rotatable bonds is 1. The molecule has 0 aromatic heterocycles. The Hall–Kier alpha value is 0.130. The lowest BCUT2D eigenvalue weighted by atomic mass is 9.35. The standard InChI is InChI=1S/C15H30B2/c1-14(2,3)15(16,17)13-10-6-8-11-7-4-5-9-12(11)13/h11-13H,4-10,16-17H2,1-3H3. The molecule has 17 heavy (non-hydrogen) atoms. The third kappa shape index (κ3) is 2.47. The van der Waals surface area contributed by atoms with Gasteiger partial charge in [-0.2, -0.15) is 0 Å². The van der Waals surface area contributed by atoms with E-state index in [1.165, 1.54) is 44.9 Å². The fraction of sp³-hybridized carbons (Fsp3) is 1.00. The zero-order valence-corrected chi connectivity index (χ0v) is 12.7. The summed E-state index contributed by atoms with van der Waals surface area (Å²) in [6.45, 7) is 7.33. The molecule has 3 unspecified atom stereocenters. The van der Waals surface area contributed by atoms with E-state index in [1.807, 2.05) is 0 Å². The fourth-order valence-electron chi connectivity index (χ4n) is 4.39. The molecule has 0 nitrogen and oxygen atoms in total. The molecule has 0 aromatic rings. The number of fused-ring (bicyclic) bond motifs is 1. The molecule has 0 spiro atoms. The smallest absolute Gasteiger partial charge is 0.0769 e. The maximum Gasteiger partial charge on any atom is 0.100 e. The van der Waals surface area contributed by atoms with Crippen LogP contribution in [0.3, 0.4) is 0 Å². The zero-order valence-electron chi connectivity index (χ0n) is 12.7. The average Bonchev–Trinajstić information content (AvgIpc) is 2.26. The van der Waals surface area contributed by atoms with Crippen molar-refractivity contribution in [2.24, 2.45) is 23.2 Å². The van der Waals surface area contributed by atoms with E-state index in [0.717, 1.165) is 17.8 Å². The van der Waals surface area contributed by atoms with Crippen LogP contribution in [0.25, 0.3) is 0 Å². The van der Waals surface area contributed by atoms with Crippen molar-refractivity contribution < 1.29 is 0 Å². The van der Waals surface area contributed by atoms with Crippen molar-refractivity contribution in [1.29, 1.82) is 0 Å². The molecular formula is C15H30B2. The summed E-state index contributed by atoms with van der Waals surface area (Å²) in [4.78, 5) is 0. The van der Waals surface area contributed by atoms with Gasteiger partial charge in [0, 0.05) is 0 Å². The third-order valence-corrected chi connectivity index (χ3v) is 6.43. The van der Waals surface area contributed by atoms with Crippen LogP contribution in [-0.4, -0.2) is 15.7 Å². The van der Waals surface area contributed by atoms with E-state index in [0.29, 0.717) is 10.6 Å². The molecule has 96 valence electrons. The second kappa shape index (κ2) is 4.67. The second-order valence-corrected chi connectivity index (χ2v) is 8.22. The van der Waals surface area contributed by atoms with Crippen molar-refractivity contribution in [3.05, 3.63) is 0 Å². The Balaban J connectivity index is 2.18. The molecule has 2 saturated carbocycles. The zero-order chi connectivity index (χ0) is 12.7. The van der Waals surface area contributed by atoms with E-state index in [2.05, 4.69) is 36.5 Å². The molecule has 0 saturated heterocycles. The Bertz CT molecular complexity index is 263. The predicted molar refractivity (Wildman–Crippen MR) is 82.0 cm³/mol. The molecular weight excluding hydrogens is 202 g/mol. The normalized spacial score (nSPS) is 35.4. The molecule has 0 aliphatic heterocycles. The molecule has 0 amide bonds. The van der Waals surface area contributed by atoms with Crippen LogP contribution in [0.1, 0.15) is 65.7 Å². The molecule has 2 rings (SSSR count). The summed E-state index contributed by atoms with van der Waals surface area (Å²) < 4.78 is 0. The third-order valence-electron chi connectivity index (χ3n) is 6.43. The van der Waals surface area contributed by atoms with Gasteiger partial charge in [-0.3, -0.25) is 0 Å². The summed E-state index contributed by atoms with van der Waals surface area (Å²) in [6.07, 6.45) is 10.6. The maximum atomic E-state index is 2.54. The van der Waals surface area contributed by atoms with Crippen LogP contribution in [0, 0.1) is 23.2 Å². The van der Waals surface area contributed by atoms with Gasteiger partial charge in [-0.1, -0.05) is 64.5 Å². The molecule has 2 aliphatic carbocycles. The minimum atomic E-state index is 0.441. The van der Waals surface area contributed by atoms with Gasteiger partial charge in [-0.05, 0) is 29.6 Å². The first-order chi connectivity index (χ1) is 7.84. The van der Waals surface area contributed by atoms with Crippen molar-refractivity contribution in [3.8, 4) is 0 Å². The Labute approximate surface area is 110 Å². The van der Waals surface area contributed by atoms with Crippen LogP contribution in [0.5, 0.6) is 0 Å². The largest absolute Gasteiger partial charge is 0.100 e. The first-order valence-corrected chi connectivity index (χ1v) is 7.84. The maximum absolute atomic E-state index is 2.54. The van der Waals surface area contributed by atoms with Gasteiger partial charge in [0.15, 0.2) is 0 Å². The minimum Gasteiger partial charge on any atom is -0.0769 e. The summed E-state index contributed by atoms with van der Waals surface area (Å²) in [7, 11) is 5.07. The summed E-state index contributed by atoms with van der Waals surface area (Å²) in [5.74, 6) is 3.09. The lowest BCUT2D eigenvalue weighted by Crippen LogP contribution is -2.45. The van der Waals surface area contributed by atoms with Gasteiger partial charge in [-0.15, -0.1) is 0 Å². The highest BCUT2D eigenvalue weighted by molar-refractivity contribution is 6.40. The Kier molecular flexibility index (Phi) is 3.72. The second-order valence-electron chi connectivity index (χ2n) is 8.22. The molecule has 0 bridgehead atoms. The number of hydrogen-bond donors (Lipinski definition) is 0. The van der Waals surface area contributed by atoms with Crippen LogP contribution in [0.2, 0.25) is 5.21 Å². The highest BCUT2D eigenvalue weighted by Gasteiger charge is 2.46. The van der Waals surface area contributed by atoms with Crippen molar-refractivity contribution in [2.75, 3.05) is 0 Å². The van der Waals surface area contributed by atoms with Crippen molar-refractivity contribution in [1.82, 2.24) is 0 Å². The van der Waals surface area contributed by atoms with Gasteiger partial charge >= 0.3 is 0 Å². The van der Waals surface area contributed by atoms with E-state index in [9.17, 15) is 0 Å². The van der Waals surface area contributed by atoms with Crippen LogP contribution in [0.15, 0.2) is 0 Å². The molecule has 2 aliphatic rings. The summed E-state index contributed by atoms with van der Waals surface area (Å²) in [6, 6.07) is 0. The van der Waals surface area contributed by atoms with Gasteiger partial charge in [0.1, 0.15) is 15.7 Å². The van der Waals surface area contributed by atoms with Gasteiger partial charge in [-0.25, -0.2) is 0 Å². The Morgan fingerprint density at radius 3 is 2.06 bits per heavy atom. The lowest BCUT2D eigenvalue weighted by Gasteiger charge is -2.54. The molecule has 0 N–H and O–H groups in total. The molecule has 0 heterocycles. The van der Waals surface area contributed by atoms with Gasteiger partial charge in [0.05, 0.1) is 0 Å². The summed E-state index contributed by atoms with van der Waals surface area (Å²) >= 11 is 0. The van der Waals surface area contributed by atoms with E-state index in [1.54, 1.807) is 0 Å². The van der Waals surface area contributed by atoms with E-state index < -0.39 is 0 Å². The van der Waals surface area contributed by atoms with E-state index >= 15 is 0 Å².